The highest BCUT2D eigenvalue weighted by Crippen LogP contribution is 2.33. The first-order valence-corrected chi connectivity index (χ1v) is 15.9. The van der Waals surface area contributed by atoms with Crippen LogP contribution in [0.5, 0.6) is 11.5 Å². The number of benzene rings is 2. The van der Waals surface area contributed by atoms with Crippen LogP contribution in [-0.2, 0) is 9.53 Å². The fourth-order valence-corrected chi connectivity index (χ4v) is 5.01. The summed E-state index contributed by atoms with van der Waals surface area (Å²) in [6.07, 6.45) is 0.728. The van der Waals surface area contributed by atoms with Gasteiger partial charge >= 0.3 is 12.1 Å². The summed E-state index contributed by atoms with van der Waals surface area (Å²) < 4.78 is 16.3. The molecule has 1 fully saturated rings. The van der Waals surface area contributed by atoms with Crippen LogP contribution in [0.4, 0.5) is 44.0 Å². The lowest BCUT2D eigenvalue weighted by Gasteiger charge is -2.35. The second-order valence-electron chi connectivity index (χ2n) is 12.2. The highest BCUT2D eigenvalue weighted by molar-refractivity contribution is 6.17. The Morgan fingerprint density at radius 1 is 0.896 bits per heavy atom. The van der Waals surface area contributed by atoms with Crippen molar-refractivity contribution in [2.45, 2.75) is 46.6 Å². The van der Waals surface area contributed by atoms with E-state index >= 15 is 0 Å². The molecule has 2 heterocycles. The van der Waals surface area contributed by atoms with Gasteiger partial charge in [0.25, 0.3) is 0 Å². The third-order valence-electron chi connectivity index (χ3n) is 7.69. The van der Waals surface area contributed by atoms with Crippen molar-refractivity contribution in [3.8, 4) is 11.5 Å². The molecule has 258 valence electrons. The zero-order valence-electron chi connectivity index (χ0n) is 29.0. The molecule has 1 aliphatic heterocycles. The van der Waals surface area contributed by atoms with Gasteiger partial charge in [0.2, 0.25) is 5.91 Å². The minimum Gasteiger partial charge on any atom is -0.497 e. The maximum absolute atomic E-state index is 14.0. The molecule has 0 spiro atoms. The lowest BCUT2D eigenvalue weighted by Crippen LogP contribution is -2.47. The van der Waals surface area contributed by atoms with E-state index in [0.29, 0.717) is 35.1 Å². The summed E-state index contributed by atoms with van der Waals surface area (Å²) in [6, 6.07) is 11.4. The molecule has 0 saturated carbocycles. The Balaban J connectivity index is 1.63. The summed E-state index contributed by atoms with van der Waals surface area (Å²) in [6.45, 7) is 13.8. The molecule has 2 aromatic carbocycles. The number of carbonyl (C=O) groups is 3. The van der Waals surface area contributed by atoms with Crippen LogP contribution in [0, 0.1) is 0 Å². The van der Waals surface area contributed by atoms with Crippen LogP contribution in [0.2, 0.25) is 0 Å². The van der Waals surface area contributed by atoms with Crippen molar-refractivity contribution in [3.63, 3.8) is 0 Å². The van der Waals surface area contributed by atoms with E-state index in [1.807, 2.05) is 18.2 Å². The topological polar surface area (TPSA) is 142 Å². The van der Waals surface area contributed by atoms with Gasteiger partial charge in [0, 0.05) is 69.6 Å². The first-order chi connectivity index (χ1) is 22.8. The predicted octanol–water partition coefficient (Wildman–Crippen LogP) is 5.73. The molecule has 0 unspecified atom stereocenters. The number of methoxy groups -OCH3 is 2. The van der Waals surface area contributed by atoms with Crippen LogP contribution >= 0.6 is 0 Å². The maximum Gasteiger partial charge on any atom is 0.423 e. The number of hydrogen-bond donors (Lipinski definition) is 2. The van der Waals surface area contributed by atoms with Crippen LogP contribution in [0.3, 0.4) is 0 Å². The smallest absolute Gasteiger partial charge is 0.423 e. The Morgan fingerprint density at radius 2 is 1.56 bits per heavy atom. The van der Waals surface area contributed by atoms with Crippen LogP contribution in [0.1, 0.15) is 41.0 Å². The number of ether oxygens (including phenoxy) is 3. The Labute approximate surface area is 282 Å². The van der Waals surface area contributed by atoms with E-state index in [0.717, 1.165) is 43.3 Å². The standard InChI is InChI=1S/C34H46N8O6/c1-9-31(43)38-28-19-23(41-15-13-40(10-2)14-16-41)11-12-27(28)37-29-21-30(36-22-35-29)39(6)32(44)42(33(45)48-34(3,4)5)24-17-25(46-7)20-26(18-24)47-8/h11-12,17-22H,9-10,13-16H2,1-8H3,(H,38,43)(H,35,36,37). The van der Waals surface area contributed by atoms with Gasteiger partial charge in [-0.25, -0.2) is 19.6 Å². The van der Waals surface area contributed by atoms with Crippen LogP contribution in [-0.4, -0.2) is 92.5 Å². The molecule has 4 rings (SSSR count). The lowest BCUT2D eigenvalue weighted by atomic mass is 10.2. The number of nitrogens with one attached hydrogen (secondary N) is 2. The minimum absolute atomic E-state index is 0.129. The van der Waals surface area contributed by atoms with E-state index < -0.39 is 17.7 Å². The molecule has 0 atom stereocenters. The highest BCUT2D eigenvalue weighted by Gasteiger charge is 2.33. The molecule has 0 bridgehead atoms. The average molecular weight is 663 g/mol. The van der Waals surface area contributed by atoms with Crippen molar-refractivity contribution in [3.05, 3.63) is 48.8 Å². The summed E-state index contributed by atoms with van der Waals surface area (Å²) in [4.78, 5) is 55.4. The van der Waals surface area contributed by atoms with Gasteiger partial charge in [0.15, 0.2) is 0 Å². The molecule has 1 aromatic heterocycles. The van der Waals surface area contributed by atoms with Gasteiger partial charge in [-0.05, 0) is 45.5 Å². The number of urea groups is 1. The number of anilines is 6. The molecular weight excluding hydrogens is 616 g/mol. The van der Waals surface area contributed by atoms with Crippen molar-refractivity contribution in [2.24, 2.45) is 0 Å². The first-order valence-electron chi connectivity index (χ1n) is 15.9. The zero-order chi connectivity index (χ0) is 35.0. The normalized spacial score (nSPS) is 13.4. The van der Waals surface area contributed by atoms with Gasteiger partial charge in [0.05, 0.1) is 31.3 Å². The number of carbonyl (C=O) groups excluding carboxylic acids is 3. The largest absolute Gasteiger partial charge is 0.497 e. The summed E-state index contributed by atoms with van der Waals surface area (Å²) in [5.41, 5.74) is 1.52. The van der Waals surface area contributed by atoms with Gasteiger partial charge in [-0.2, -0.15) is 4.90 Å². The summed E-state index contributed by atoms with van der Waals surface area (Å²) in [5, 5.41) is 6.25. The average Bonchev–Trinajstić information content (AvgIpc) is 3.07. The fourth-order valence-electron chi connectivity index (χ4n) is 5.01. The lowest BCUT2D eigenvalue weighted by molar-refractivity contribution is -0.115. The molecule has 14 heteroatoms. The Morgan fingerprint density at radius 3 is 2.15 bits per heavy atom. The fraction of sp³-hybridized carbons (Fsp3) is 0.441. The van der Waals surface area contributed by atoms with Crippen molar-refractivity contribution in [1.29, 1.82) is 0 Å². The molecule has 4 amide bonds. The Kier molecular flexibility index (Phi) is 11.7. The molecule has 1 saturated heterocycles. The summed E-state index contributed by atoms with van der Waals surface area (Å²) in [5.74, 6) is 1.19. The van der Waals surface area contributed by atoms with Gasteiger partial charge in [-0.15, -0.1) is 0 Å². The van der Waals surface area contributed by atoms with Crippen molar-refractivity contribution >= 4 is 52.4 Å². The predicted molar refractivity (Wildman–Crippen MR) is 187 cm³/mol. The highest BCUT2D eigenvalue weighted by atomic mass is 16.6. The molecule has 14 nitrogen and oxygen atoms in total. The van der Waals surface area contributed by atoms with Crippen LogP contribution in [0.15, 0.2) is 48.8 Å². The number of piperazine rings is 1. The zero-order valence-corrected chi connectivity index (χ0v) is 29.0. The van der Waals surface area contributed by atoms with E-state index in [9.17, 15) is 14.4 Å². The van der Waals surface area contributed by atoms with E-state index in [1.54, 1.807) is 39.8 Å². The molecule has 48 heavy (non-hydrogen) atoms. The Bertz CT molecular complexity index is 1580. The van der Waals surface area contributed by atoms with Crippen LogP contribution < -0.4 is 34.8 Å². The second-order valence-corrected chi connectivity index (χ2v) is 12.2. The second kappa shape index (κ2) is 15.7. The van der Waals surface area contributed by atoms with Gasteiger partial charge in [-0.3, -0.25) is 9.69 Å². The van der Waals surface area contributed by atoms with Gasteiger partial charge < -0.3 is 34.6 Å². The molecule has 0 aliphatic carbocycles. The number of nitrogens with zero attached hydrogens (tertiary/aromatic N) is 6. The van der Waals surface area contributed by atoms with Gasteiger partial charge in [-0.1, -0.05) is 13.8 Å². The third-order valence-corrected chi connectivity index (χ3v) is 7.69. The number of rotatable bonds is 10. The number of aromatic nitrogens is 2. The first kappa shape index (κ1) is 35.7. The number of likely N-dealkylation sites (N-methyl/N-ethyl adjacent to an activating group) is 1. The number of imide groups is 1. The van der Waals surface area contributed by atoms with Crippen LogP contribution in [0.25, 0.3) is 0 Å². The van der Waals surface area contributed by atoms with E-state index in [2.05, 4.69) is 37.3 Å². The maximum atomic E-state index is 14.0. The minimum atomic E-state index is -0.894. The Hall–Kier alpha value is -5.11. The van der Waals surface area contributed by atoms with Crippen molar-refractivity contribution in [1.82, 2.24) is 14.9 Å². The molecule has 2 N–H and O–H groups in total. The van der Waals surface area contributed by atoms with E-state index in [4.69, 9.17) is 14.2 Å². The third kappa shape index (κ3) is 9.03. The van der Waals surface area contributed by atoms with Crippen molar-refractivity contribution < 1.29 is 28.6 Å². The summed E-state index contributed by atoms with van der Waals surface area (Å²) >= 11 is 0. The van der Waals surface area contributed by atoms with Gasteiger partial charge in [0.1, 0.15) is 35.1 Å². The SMILES string of the molecule is CCC(=O)Nc1cc(N2CCN(CC)CC2)ccc1Nc1cc(N(C)C(=O)N(C(=O)OC(C)(C)C)c2cc(OC)cc(OC)c2)ncn1. The van der Waals surface area contributed by atoms with E-state index in [1.165, 1.54) is 44.6 Å². The number of hydrogen-bond acceptors (Lipinski definition) is 11. The number of amides is 4. The monoisotopic (exact) mass is 662 g/mol. The quantitative estimate of drug-likeness (QED) is 0.275. The molecule has 0 radical (unpaired) electrons. The molecular formula is C34H46N8O6. The van der Waals surface area contributed by atoms with E-state index in [-0.39, 0.29) is 17.4 Å². The van der Waals surface area contributed by atoms with Crippen molar-refractivity contribution in [2.75, 3.05) is 79.3 Å². The molecule has 1 aliphatic rings. The summed E-state index contributed by atoms with van der Waals surface area (Å²) in [7, 11) is 4.43. The molecule has 3 aromatic rings.